The first-order valence-corrected chi connectivity index (χ1v) is 10.1. The number of benzene rings is 1. The first kappa shape index (κ1) is 18.1. The largest absolute Gasteiger partial charge is 0.404 e. The number of amides is 1. The number of nitrogens with two attached hydrogens (primary N) is 1. The maximum absolute atomic E-state index is 13.4. The van der Waals surface area contributed by atoms with Gasteiger partial charge in [0.25, 0.3) is 5.91 Å². The van der Waals surface area contributed by atoms with Crippen molar-refractivity contribution in [2.24, 2.45) is 5.73 Å². The molecule has 8 heteroatoms. The number of carbonyl (C=O) groups is 1. The standard InChI is InChI=1S/C21H24N6O2/c22-11-8-17-23-14-24-20(25-17)26-12-9-21(10-13-26)19(28)27-16(6-7-18(27)29-21)15-4-2-1-3-5-15/h1-5,8,11,14,16,18H,6-7,9-10,12-13,22H2/b11-8-/t16-,18+/m0/s1. The van der Waals surface area contributed by atoms with Gasteiger partial charge in [0, 0.05) is 25.9 Å². The van der Waals surface area contributed by atoms with Crippen LogP contribution in [-0.4, -0.2) is 50.7 Å². The van der Waals surface area contributed by atoms with Crippen LogP contribution in [0.3, 0.4) is 0 Å². The van der Waals surface area contributed by atoms with E-state index in [1.807, 2.05) is 23.1 Å². The molecule has 3 saturated heterocycles. The summed E-state index contributed by atoms with van der Waals surface area (Å²) >= 11 is 0. The molecule has 0 radical (unpaired) electrons. The molecule has 0 bridgehead atoms. The number of hydrogen-bond acceptors (Lipinski definition) is 7. The van der Waals surface area contributed by atoms with Crippen molar-refractivity contribution in [3.05, 3.63) is 54.2 Å². The minimum Gasteiger partial charge on any atom is -0.404 e. The average molecular weight is 392 g/mol. The average Bonchev–Trinajstić information content (AvgIpc) is 3.28. The second-order valence-electron chi connectivity index (χ2n) is 7.77. The highest BCUT2D eigenvalue weighted by molar-refractivity contribution is 5.88. The monoisotopic (exact) mass is 392 g/mol. The van der Waals surface area contributed by atoms with Crippen LogP contribution in [0.25, 0.3) is 6.08 Å². The summed E-state index contributed by atoms with van der Waals surface area (Å²) < 4.78 is 6.39. The molecular weight excluding hydrogens is 368 g/mol. The van der Waals surface area contributed by atoms with E-state index in [0.29, 0.717) is 37.7 Å². The lowest BCUT2D eigenvalue weighted by Crippen LogP contribution is -2.50. The molecule has 2 atom stereocenters. The summed E-state index contributed by atoms with van der Waals surface area (Å²) in [5, 5.41) is 0. The fraction of sp³-hybridized carbons (Fsp3) is 0.429. The van der Waals surface area contributed by atoms with Gasteiger partial charge in [-0.3, -0.25) is 4.79 Å². The van der Waals surface area contributed by atoms with Gasteiger partial charge in [-0.1, -0.05) is 30.3 Å². The molecule has 0 aliphatic carbocycles. The van der Waals surface area contributed by atoms with Crippen molar-refractivity contribution in [2.45, 2.75) is 43.6 Å². The van der Waals surface area contributed by atoms with Crippen LogP contribution < -0.4 is 10.6 Å². The smallest absolute Gasteiger partial charge is 0.257 e. The van der Waals surface area contributed by atoms with Gasteiger partial charge in [0.05, 0.1) is 6.04 Å². The molecule has 3 fully saturated rings. The molecule has 0 unspecified atom stereocenters. The Morgan fingerprint density at radius 1 is 1.14 bits per heavy atom. The number of aromatic nitrogens is 3. The minimum absolute atomic E-state index is 0.111. The summed E-state index contributed by atoms with van der Waals surface area (Å²) in [6.45, 7) is 1.33. The molecule has 2 N–H and O–H groups in total. The Morgan fingerprint density at radius 2 is 1.93 bits per heavy atom. The predicted octanol–water partition coefficient (Wildman–Crippen LogP) is 1.86. The quantitative estimate of drug-likeness (QED) is 0.851. The van der Waals surface area contributed by atoms with Crippen LogP contribution in [0.2, 0.25) is 0 Å². The summed E-state index contributed by atoms with van der Waals surface area (Å²) in [6, 6.07) is 10.4. The summed E-state index contributed by atoms with van der Waals surface area (Å²) in [5.74, 6) is 1.27. The number of piperidine rings is 1. The van der Waals surface area contributed by atoms with Gasteiger partial charge in [-0.2, -0.15) is 4.98 Å². The summed E-state index contributed by atoms with van der Waals surface area (Å²) in [4.78, 5) is 30.3. The minimum atomic E-state index is -0.721. The van der Waals surface area contributed by atoms with Crippen molar-refractivity contribution < 1.29 is 9.53 Å². The molecule has 1 aromatic carbocycles. The van der Waals surface area contributed by atoms with E-state index >= 15 is 0 Å². The zero-order valence-electron chi connectivity index (χ0n) is 16.1. The molecule has 1 spiro atoms. The Bertz CT molecular complexity index is 926. The van der Waals surface area contributed by atoms with Crippen LogP contribution in [0.5, 0.6) is 0 Å². The van der Waals surface area contributed by atoms with Crippen LogP contribution in [0.1, 0.15) is 43.1 Å². The Hall–Kier alpha value is -3.00. The second-order valence-corrected chi connectivity index (χ2v) is 7.77. The highest BCUT2D eigenvalue weighted by Gasteiger charge is 2.58. The number of ether oxygens (including phenoxy) is 1. The van der Waals surface area contributed by atoms with Crippen molar-refractivity contribution in [2.75, 3.05) is 18.0 Å². The van der Waals surface area contributed by atoms with Gasteiger partial charge in [0.1, 0.15) is 12.6 Å². The number of rotatable bonds is 3. The first-order valence-electron chi connectivity index (χ1n) is 10.1. The summed E-state index contributed by atoms with van der Waals surface area (Å²) in [7, 11) is 0. The van der Waals surface area contributed by atoms with Crippen molar-refractivity contribution in [3.8, 4) is 0 Å². The topological polar surface area (TPSA) is 97.5 Å². The molecule has 29 heavy (non-hydrogen) atoms. The highest BCUT2D eigenvalue weighted by atomic mass is 16.6. The third kappa shape index (κ3) is 3.04. The van der Waals surface area contributed by atoms with E-state index in [-0.39, 0.29) is 18.2 Å². The molecule has 8 nitrogen and oxygen atoms in total. The van der Waals surface area contributed by atoms with E-state index < -0.39 is 5.60 Å². The van der Waals surface area contributed by atoms with Gasteiger partial charge in [0.2, 0.25) is 5.95 Å². The molecule has 150 valence electrons. The van der Waals surface area contributed by atoms with E-state index in [1.54, 1.807) is 6.08 Å². The summed E-state index contributed by atoms with van der Waals surface area (Å²) in [5.41, 5.74) is 5.89. The molecular formula is C21H24N6O2. The number of anilines is 1. The number of carbonyl (C=O) groups excluding carboxylic acids is 1. The molecule has 3 aliphatic heterocycles. The fourth-order valence-corrected chi connectivity index (χ4v) is 4.73. The van der Waals surface area contributed by atoms with Gasteiger partial charge < -0.3 is 20.3 Å². The molecule has 0 saturated carbocycles. The van der Waals surface area contributed by atoms with E-state index in [4.69, 9.17) is 10.5 Å². The molecule has 2 aromatic rings. The Morgan fingerprint density at radius 3 is 2.69 bits per heavy atom. The van der Waals surface area contributed by atoms with Gasteiger partial charge in [-0.15, -0.1) is 0 Å². The van der Waals surface area contributed by atoms with Gasteiger partial charge in [-0.25, -0.2) is 9.97 Å². The van der Waals surface area contributed by atoms with Crippen LogP contribution in [0, 0.1) is 0 Å². The first-order chi connectivity index (χ1) is 14.2. The van der Waals surface area contributed by atoms with Gasteiger partial charge in [0.15, 0.2) is 11.4 Å². The third-order valence-corrected chi connectivity index (χ3v) is 6.18. The predicted molar refractivity (Wildman–Crippen MR) is 107 cm³/mol. The number of nitrogens with zero attached hydrogens (tertiary/aromatic N) is 5. The molecule has 3 aliphatic rings. The molecule has 1 aromatic heterocycles. The molecule has 4 heterocycles. The van der Waals surface area contributed by atoms with E-state index in [1.165, 1.54) is 18.1 Å². The van der Waals surface area contributed by atoms with Crippen LogP contribution in [-0.2, 0) is 9.53 Å². The maximum atomic E-state index is 13.4. The Labute approximate surface area is 169 Å². The molecule has 1 amide bonds. The summed E-state index contributed by atoms with van der Waals surface area (Å²) in [6.07, 6.45) is 7.52. The Kier molecular flexibility index (Phi) is 4.43. The lowest BCUT2D eigenvalue weighted by Gasteiger charge is -2.37. The van der Waals surface area contributed by atoms with E-state index in [0.717, 1.165) is 12.8 Å². The SMILES string of the molecule is N/C=C\c1ncnc(N2CCC3(CC2)O[C@@H]2CC[C@@H](c4ccccc4)N2C3=O)n1. The maximum Gasteiger partial charge on any atom is 0.257 e. The second kappa shape index (κ2) is 7.11. The van der Waals surface area contributed by atoms with Crippen molar-refractivity contribution in [1.82, 2.24) is 19.9 Å². The van der Waals surface area contributed by atoms with Gasteiger partial charge in [-0.05, 0) is 30.7 Å². The van der Waals surface area contributed by atoms with Gasteiger partial charge >= 0.3 is 0 Å². The van der Waals surface area contributed by atoms with E-state index in [2.05, 4.69) is 32.0 Å². The van der Waals surface area contributed by atoms with Crippen molar-refractivity contribution in [1.29, 1.82) is 0 Å². The normalized spacial score (nSPS) is 25.9. The molecule has 5 rings (SSSR count). The lowest BCUT2D eigenvalue weighted by atomic mass is 9.89. The van der Waals surface area contributed by atoms with Crippen molar-refractivity contribution in [3.63, 3.8) is 0 Å². The fourth-order valence-electron chi connectivity index (χ4n) is 4.73. The lowest BCUT2D eigenvalue weighted by molar-refractivity contribution is -0.140. The number of fused-ring (bicyclic) bond motifs is 1. The zero-order valence-corrected chi connectivity index (χ0v) is 16.1. The Balaban J connectivity index is 1.31. The zero-order chi connectivity index (χ0) is 19.8. The highest BCUT2D eigenvalue weighted by Crippen LogP contribution is 2.47. The van der Waals surface area contributed by atoms with E-state index in [9.17, 15) is 4.79 Å². The third-order valence-electron chi connectivity index (χ3n) is 6.18. The van der Waals surface area contributed by atoms with Crippen LogP contribution in [0.15, 0.2) is 42.9 Å². The van der Waals surface area contributed by atoms with Crippen molar-refractivity contribution >= 4 is 17.9 Å². The number of hydrogen-bond donors (Lipinski definition) is 1. The van der Waals surface area contributed by atoms with Crippen LogP contribution in [0.4, 0.5) is 5.95 Å². The van der Waals surface area contributed by atoms with Crippen LogP contribution >= 0.6 is 0 Å².